The van der Waals surface area contributed by atoms with Crippen molar-refractivity contribution in [3.63, 3.8) is 0 Å². The summed E-state index contributed by atoms with van der Waals surface area (Å²) < 4.78 is 14.6. The molecule has 1 aromatic carbocycles. The van der Waals surface area contributed by atoms with Crippen LogP contribution >= 0.6 is 0 Å². The zero-order valence-corrected chi connectivity index (χ0v) is 22.2. The molecule has 2 aromatic rings. The number of benzene rings is 1. The summed E-state index contributed by atoms with van der Waals surface area (Å²) in [5.74, 6) is 1.34. The Labute approximate surface area is 218 Å². The van der Waals surface area contributed by atoms with Crippen LogP contribution in [0.25, 0.3) is 0 Å². The van der Waals surface area contributed by atoms with Crippen molar-refractivity contribution in [1.82, 2.24) is 14.9 Å². The van der Waals surface area contributed by atoms with Gasteiger partial charge >= 0.3 is 7.12 Å². The second-order valence-electron chi connectivity index (χ2n) is 12.0. The Kier molecular flexibility index (Phi) is 5.99. The Morgan fingerprint density at radius 2 is 2.03 bits per heavy atom. The number of aryl methyl sites for hydroxylation is 1. The molecule has 7 rings (SSSR count). The summed E-state index contributed by atoms with van der Waals surface area (Å²) in [7, 11) is -0.478. The van der Waals surface area contributed by atoms with Crippen LogP contribution < -0.4 is 16.2 Å². The lowest BCUT2D eigenvalue weighted by molar-refractivity contribution is -0.199. The number of nitrogens with one attached hydrogen (secondary N) is 2. The van der Waals surface area contributed by atoms with Crippen molar-refractivity contribution in [2.75, 3.05) is 5.32 Å². The van der Waals surface area contributed by atoms with Gasteiger partial charge in [0, 0.05) is 13.0 Å². The molecule has 4 fully saturated rings. The summed E-state index contributed by atoms with van der Waals surface area (Å²) in [6.07, 6.45) is 5.68. The van der Waals surface area contributed by atoms with Crippen molar-refractivity contribution < 1.29 is 14.1 Å². The number of hydrogen-bond donors (Lipinski definition) is 2. The topological polar surface area (TPSA) is 94.5 Å². The Hall–Kier alpha value is -2.65. The molecule has 0 radical (unpaired) electrons. The van der Waals surface area contributed by atoms with Gasteiger partial charge in [-0.25, -0.2) is 4.98 Å². The Bertz CT molecular complexity index is 1250. The van der Waals surface area contributed by atoms with E-state index in [2.05, 4.69) is 36.4 Å². The SMILES string of the molecule is CC[C@H](NC(=O)[C@@H]1CCc2ncc(NCc3ccccc3)c(=O)n21)B1O[C@@H]2C[C@@H]3C[C@@H](C3(C)C)[C@]2(C)O1. The Balaban J connectivity index is 1.16. The van der Waals surface area contributed by atoms with Crippen LogP contribution in [0.3, 0.4) is 0 Å². The number of hydrogen-bond acceptors (Lipinski definition) is 6. The predicted molar refractivity (Wildman–Crippen MR) is 142 cm³/mol. The van der Waals surface area contributed by atoms with Gasteiger partial charge in [-0.2, -0.15) is 0 Å². The van der Waals surface area contributed by atoms with Gasteiger partial charge < -0.3 is 19.9 Å². The third-order valence-corrected chi connectivity index (χ3v) is 9.72. The first kappa shape index (κ1) is 24.7. The second-order valence-corrected chi connectivity index (χ2v) is 12.0. The molecule has 0 spiro atoms. The van der Waals surface area contributed by atoms with E-state index in [1.54, 1.807) is 10.8 Å². The van der Waals surface area contributed by atoms with E-state index in [0.717, 1.165) is 12.0 Å². The standard InChI is InChI=1S/C28H37BN4O4/c1-5-23(29-36-22-14-18-13-21(27(18,2)3)28(22,4)37-29)32-25(34)20-11-12-24-31-16-19(26(35)33(20)24)30-15-17-9-7-6-8-10-17/h6-10,16,18,20-23,30H,5,11-15H2,1-4H3,(H,32,34)/t18-,20-,21-,22+,23-,28-/m0/s1. The van der Waals surface area contributed by atoms with E-state index in [0.29, 0.717) is 49.2 Å². The lowest BCUT2D eigenvalue weighted by Gasteiger charge is -2.64. The Morgan fingerprint density at radius 1 is 1.24 bits per heavy atom. The molecule has 37 heavy (non-hydrogen) atoms. The summed E-state index contributed by atoms with van der Waals surface area (Å²) in [6.45, 7) is 9.43. The molecule has 1 saturated heterocycles. The van der Waals surface area contributed by atoms with Crippen LogP contribution in [0.15, 0.2) is 41.3 Å². The maximum Gasteiger partial charge on any atom is 0.481 e. The molecular weight excluding hydrogens is 467 g/mol. The first-order valence-electron chi connectivity index (χ1n) is 13.7. The highest BCUT2D eigenvalue weighted by Crippen LogP contribution is 2.65. The molecule has 0 unspecified atom stereocenters. The van der Waals surface area contributed by atoms with Gasteiger partial charge in [0.1, 0.15) is 17.6 Å². The average Bonchev–Trinajstić information content (AvgIpc) is 3.48. The van der Waals surface area contributed by atoms with Crippen LogP contribution in [0.2, 0.25) is 0 Å². The van der Waals surface area contributed by atoms with Crippen molar-refractivity contribution in [2.45, 2.75) is 90.0 Å². The molecule has 3 heterocycles. The van der Waals surface area contributed by atoms with Crippen LogP contribution in [-0.2, 0) is 27.1 Å². The molecule has 6 atom stereocenters. The van der Waals surface area contributed by atoms with E-state index in [1.165, 1.54) is 6.42 Å². The summed E-state index contributed by atoms with van der Waals surface area (Å²) in [6, 6.07) is 9.30. The van der Waals surface area contributed by atoms with E-state index < -0.39 is 13.2 Å². The molecule has 2 aliphatic heterocycles. The number of aromatic nitrogens is 2. The number of rotatable bonds is 7. The van der Waals surface area contributed by atoms with Gasteiger partial charge in [-0.05, 0) is 55.4 Å². The minimum Gasteiger partial charge on any atom is -0.404 e. The quantitative estimate of drug-likeness (QED) is 0.561. The normalized spacial score (nSPS) is 31.7. The number of fused-ring (bicyclic) bond motifs is 1. The molecule has 2 N–H and O–H groups in total. The highest BCUT2D eigenvalue weighted by atomic mass is 16.7. The number of nitrogens with zero attached hydrogens (tertiary/aromatic N) is 2. The molecule has 196 valence electrons. The van der Waals surface area contributed by atoms with Crippen LogP contribution in [0, 0.1) is 17.3 Å². The van der Waals surface area contributed by atoms with Gasteiger partial charge in [-0.1, -0.05) is 51.1 Å². The van der Waals surface area contributed by atoms with Gasteiger partial charge in [-0.15, -0.1) is 0 Å². The van der Waals surface area contributed by atoms with Crippen LogP contribution in [0.1, 0.15) is 70.8 Å². The monoisotopic (exact) mass is 504 g/mol. The van der Waals surface area contributed by atoms with Gasteiger partial charge in [0.05, 0.1) is 23.8 Å². The first-order chi connectivity index (χ1) is 17.7. The highest BCUT2D eigenvalue weighted by molar-refractivity contribution is 6.47. The van der Waals surface area contributed by atoms with Crippen LogP contribution in [0.5, 0.6) is 0 Å². The molecule has 5 aliphatic rings. The fourth-order valence-electron chi connectivity index (χ4n) is 7.28. The van der Waals surface area contributed by atoms with E-state index >= 15 is 0 Å². The van der Waals surface area contributed by atoms with Gasteiger partial charge in [-0.3, -0.25) is 14.2 Å². The highest BCUT2D eigenvalue weighted by Gasteiger charge is 2.68. The summed E-state index contributed by atoms with van der Waals surface area (Å²) in [4.78, 5) is 31.4. The van der Waals surface area contributed by atoms with E-state index in [1.807, 2.05) is 37.3 Å². The molecule has 3 aliphatic carbocycles. The number of amides is 1. The summed E-state index contributed by atoms with van der Waals surface area (Å²) in [5, 5.41) is 6.37. The predicted octanol–water partition coefficient (Wildman–Crippen LogP) is 3.51. The molecule has 1 amide bonds. The van der Waals surface area contributed by atoms with Crippen molar-refractivity contribution >= 4 is 18.7 Å². The first-order valence-corrected chi connectivity index (χ1v) is 13.7. The molecule has 2 bridgehead atoms. The van der Waals surface area contributed by atoms with Crippen LogP contribution in [0.4, 0.5) is 5.69 Å². The third kappa shape index (κ3) is 3.93. The lowest BCUT2D eigenvalue weighted by Crippen LogP contribution is -2.65. The van der Waals surface area contributed by atoms with Crippen molar-refractivity contribution in [3.8, 4) is 0 Å². The van der Waals surface area contributed by atoms with Crippen molar-refractivity contribution in [1.29, 1.82) is 0 Å². The molecule has 8 nitrogen and oxygen atoms in total. The third-order valence-electron chi connectivity index (χ3n) is 9.72. The van der Waals surface area contributed by atoms with Gasteiger partial charge in [0.15, 0.2) is 0 Å². The molecular formula is C28H37BN4O4. The zero-order chi connectivity index (χ0) is 25.9. The number of carbonyl (C=O) groups is 1. The summed E-state index contributed by atoms with van der Waals surface area (Å²) in [5.41, 5.74) is 1.21. The van der Waals surface area contributed by atoms with Crippen molar-refractivity contribution in [2.24, 2.45) is 17.3 Å². The van der Waals surface area contributed by atoms with Gasteiger partial charge in [0.25, 0.3) is 5.56 Å². The number of carbonyl (C=O) groups excluding carboxylic acids is 1. The number of anilines is 1. The largest absolute Gasteiger partial charge is 0.481 e. The van der Waals surface area contributed by atoms with E-state index in [9.17, 15) is 9.59 Å². The smallest absolute Gasteiger partial charge is 0.404 e. The van der Waals surface area contributed by atoms with Crippen LogP contribution in [-0.4, -0.2) is 40.2 Å². The molecule has 1 aromatic heterocycles. The van der Waals surface area contributed by atoms with E-state index in [-0.39, 0.29) is 34.5 Å². The molecule has 3 saturated carbocycles. The molecule has 9 heteroatoms. The average molecular weight is 504 g/mol. The fourth-order valence-corrected chi connectivity index (χ4v) is 7.28. The van der Waals surface area contributed by atoms with Crippen molar-refractivity contribution in [3.05, 3.63) is 58.3 Å². The van der Waals surface area contributed by atoms with E-state index in [4.69, 9.17) is 9.31 Å². The fraction of sp³-hybridized carbons (Fsp3) is 0.607. The zero-order valence-electron chi connectivity index (χ0n) is 22.2. The minimum absolute atomic E-state index is 0.0671. The summed E-state index contributed by atoms with van der Waals surface area (Å²) >= 11 is 0. The van der Waals surface area contributed by atoms with Gasteiger partial charge in [0.2, 0.25) is 5.91 Å². The maximum absolute atomic E-state index is 13.5. The minimum atomic E-state index is -0.589. The lowest BCUT2D eigenvalue weighted by atomic mass is 9.43. The Morgan fingerprint density at radius 3 is 2.76 bits per heavy atom. The second kappa shape index (κ2) is 8.98. The maximum atomic E-state index is 13.5.